The summed E-state index contributed by atoms with van der Waals surface area (Å²) >= 11 is 5.97. The molecule has 0 atom stereocenters. The van der Waals surface area contributed by atoms with E-state index in [-0.39, 0.29) is 12.5 Å². The lowest BCUT2D eigenvalue weighted by atomic mass is 10.1. The first-order chi connectivity index (χ1) is 9.99. The summed E-state index contributed by atoms with van der Waals surface area (Å²) in [4.78, 5) is 27.2. The predicted molar refractivity (Wildman–Crippen MR) is 82.7 cm³/mol. The van der Waals surface area contributed by atoms with Gasteiger partial charge in [-0.25, -0.2) is 0 Å². The number of hydrogen-bond donors (Lipinski definition) is 2. The number of likely N-dealkylation sites (N-methyl/N-ethyl adjacent to an activating group) is 1. The van der Waals surface area contributed by atoms with Crippen LogP contribution in [0.25, 0.3) is 0 Å². The van der Waals surface area contributed by atoms with Gasteiger partial charge in [-0.15, -0.1) is 0 Å². The van der Waals surface area contributed by atoms with Crippen LogP contribution in [-0.2, 0) is 4.79 Å². The van der Waals surface area contributed by atoms with Gasteiger partial charge in [-0.2, -0.15) is 0 Å². The molecule has 1 aromatic carbocycles. The fraction of sp³-hybridized carbons (Fsp3) is 0.429. The molecular weight excluding hydrogens is 292 g/mol. The Balaban J connectivity index is 2.12. The van der Waals surface area contributed by atoms with Gasteiger partial charge in [-0.1, -0.05) is 11.6 Å². The quantitative estimate of drug-likeness (QED) is 0.839. The Hall–Kier alpha value is -1.79. The Morgan fingerprint density at radius 2 is 2.05 bits per heavy atom. The molecule has 7 heteroatoms. The molecule has 0 aromatic heterocycles. The minimum Gasteiger partial charge on any atom is -0.366 e. The summed E-state index contributed by atoms with van der Waals surface area (Å²) in [5.74, 6) is -0.516. The molecule has 0 aliphatic carbocycles. The van der Waals surface area contributed by atoms with E-state index in [9.17, 15) is 9.59 Å². The van der Waals surface area contributed by atoms with Crippen molar-refractivity contribution in [1.82, 2.24) is 10.2 Å². The van der Waals surface area contributed by atoms with Crippen LogP contribution in [0.3, 0.4) is 0 Å². The molecule has 2 rings (SSSR count). The van der Waals surface area contributed by atoms with E-state index in [1.807, 2.05) is 4.90 Å². The van der Waals surface area contributed by atoms with E-state index in [1.54, 1.807) is 30.1 Å². The van der Waals surface area contributed by atoms with Crippen molar-refractivity contribution in [2.75, 3.05) is 44.7 Å². The van der Waals surface area contributed by atoms with Gasteiger partial charge in [0.05, 0.1) is 17.8 Å². The molecule has 1 saturated heterocycles. The highest BCUT2D eigenvalue weighted by molar-refractivity contribution is 6.31. The highest BCUT2D eigenvalue weighted by Crippen LogP contribution is 2.23. The number of nitrogens with zero attached hydrogens (tertiary/aromatic N) is 2. The van der Waals surface area contributed by atoms with Gasteiger partial charge in [0, 0.05) is 38.2 Å². The molecule has 114 valence electrons. The maximum absolute atomic E-state index is 12.3. The zero-order chi connectivity index (χ0) is 15.4. The monoisotopic (exact) mass is 310 g/mol. The van der Waals surface area contributed by atoms with Crippen LogP contribution in [0, 0.1) is 0 Å². The normalized spacial score (nSPS) is 14.9. The number of carbonyl (C=O) groups excluding carboxylic acids is 2. The fourth-order valence-electron chi connectivity index (χ4n) is 2.33. The molecule has 0 unspecified atom stereocenters. The zero-order valence-corrected chi connectivity index (χ0v) is 12.7. The van der Waals surface area contributed by atoms with Gasteiger partial charge in [0.1, 0.15) is 0 Å². The van der Waals surface area contributed by atoms with Crippen molar-refractivity contribution >= 4 is 29.1 Å². The van der Waals surface area contributed by atoms with E-state index in [4.69, 9.17) is 17.3 Å². The van der Waals surface area contributed by atoms with Gasteiger partial charge in [0.25, 0.3) is 5.91 Å². The van der Waals surface area contributed by atoms with Crippen LogP contribution in [0.2, 0.25) is 5.02 Å². The van der Waals surface area contributed by atoms with Crippen molar-refractivity contribution in [3.63, 3.8) is 0 Å². The van der Waals surface area contributed by atoms with Gasteiger partial charge >= 0.3 is 0 Å². The lowest BCUT2D eigenvalue weighted by Crippen LogP contribution is -2.49. The fourth-order valence-corrected chi connectivity index (χ4v) is 2.50. The molecule has 0 saturated carbocycles. The standard InChI is InChI=1S/C14H19ClN4O2/c1-18(9-13(20)19-6-4-17-5-7-19)12-8-10(15)2-3-11(12)14(16)21/h2-3,8,17H,4-7,9H2,1H3,(H2,16,21). The van der Waals surface area contributed by atoms with Crippen molar-refractivity contribution in [3.8, 4) is 0 Å². The Morgan fingerprint density at radius 3 is 2.67 bits per heavy atom. The number of primary amides is 1. The zero-order valence-electron chi connectivity index (χ0n) is 11.9. The Bertz CT molecular complexity index is 544. The molecular formula is C14H19ClN4O2. The summed E-state index contributed by atoms with van der Waals surface area (Å²) in [6.07, 6.45) is 0. The van der Waals surface area contributed by atoms with Crippen LogP contribution in [-0.4, -0.2) is 56.5 Å². The van der Waals surface area contributed by atoms with Crippen molar-refractivity contribution < 1.29 is 9.59 Å². The van der Waals surface area contributed by atoms with Crippen molar-refractivity contribution in [2.24, 2.45) is 5.73 Å². The lowest BCUT2D eigenvalue weighted by Gasteiger charge is -2.30. The summed E-state index contributed by atoms with van der Waals surface area (Å²) in [7, 11) is 1.75. The Morgan fingerprint density at radius 1 is 1.38 bits per heavy atom. The van der Waals surface area contributed by atoms with Gasteiger partial charge in [0.15, 0.2) is 0 Å². The molecule has 1 heterocycles. The number of rotatable bonds is 4. The van der Waals surface area contributed by atoms with Gasteiger partial charge in [-0.05, 0) is 18.2 Å². The molecule has 1 fully saturated rings. The van der Waals surface area contributed by atoms with Crippen LogP contribution < -0.4 is 16.0 Å². The lowest BCUT2D eigenvalue weighted by molar-refractivity contribution is -0.130. The number of nitrogens with two attached hydrogens (primary N) is 1. The van der Waals surface area contributed by atoms with Crippen molar-refractivity contribution in [1.29, 1.82) is 0 Å². The number of hydrogen-bond acceptors (Lipinski definition) is 4. The largest absolute Gasteiger partial charge is 0.366 e. The van der Waals surface area contributed by atoms with E-state index in [0.717, 1.165) is 13.1 Å². The number of piperazine rings is 1. The smallest absolute Gasteiger partial charge is 0.250 e. The van der Waals surface area contributed by atoms with Crippen LogP contribution in [0.4, 0.5) is 5.69 Å². The number of carbonyl (C=O) groups is 2. The van der Waals surface area contributed by atoms with E-state index >= 15 is 0 Å². The highest BCUT2D eigenvalue weighted by Gasteiger charge is 2.20. The third kappa shape index (κ3) is 3.86. The highest BCUT2D eigenvalue weighted by atomic mass is 35.5. The third-order valence-corrected chi connectivity index (χ3v) is 3.71. The van der Waals surface area contributed by atoms with Crippen LogP contribution in [0.5, 0.6) is 0 Å². The molecule has 0 spiro atoms. The summed E-state index contributed by atoms with van der Waals surface area (Å²) in [6, 6.07) is 4.83. The summed E-state index contributed by atoms with van der Waals surface area (Å²) in [5, 5.41) is 3.70. The number of amides is 2. The van der Waals surface area contributed by atoms with Gasteiger partial charge in [-0.3, -0.25) is 9.59 Å². The number of anilines is 1. The molecule has 2 amide bonds. The second kappa shape index (κ2) is 6.78. The van der Waals surface area contributed by atoms with E-state index < -0.39 is 5.91 Å². The number of nitrogens with one attached hydrogen (secondary N) is 1. The van der Waals surface area contributed by atoms with Gasteiger partial charge in [0.2, 0.25) is 5.91 Å². The number of benzene rings is 1. The van der Waals surface area contributed by atoms with Crippen molar-refractivity contribution in [2.45, 2.75) is 0 Å². The maximum atomic E-state index is 12.3. The maximum Gasteiger partial charge on any atom is 0.250 e. The topological polar surface area (TPSA) is 78.7 Å². The second-order valence-electron chi connectivity index (χ2n) is 5.01. The predicted octanol–water partition coefficient (Wildman–Crippen LogP) is 0.307. The Kier molecular flexibility index (Phi) is 5.03. The van der Waals surface area contributed by atoms with Crippen molar-refractivity contribution in [3.05, 3.63) is 28.8 Å². The van der Waals surface area contributed by atoms with E-state index in [1.165, 1.54) is 0 Å². The van der Waals surface area contributed by atoms with Gasteiger partial charge < -0.3 is 20.9 Å². The van der Waals surface area contributed by atoms with Crippen LogP contribution >= 0.6 is 11.6 Å². The Labute approximate surface area is 128 Å². The molecule has 6 nitrogen and oxygen atoms in total. The molecule has 3 N–H and O–H groups in total. The molecule has 0 bridgehead atoms. The minimum absolute atomic E-state index is 0.0226. The average Bonchev–Trinajstić information content (AvgIpc) is 2.47. The molecule has 21 heavy (non-hydrogen) atoms. The first-order valence-corrected chi connectivity index (χ1v) is 7.16. The summed E-state index contributed by atoms with van der Waals surface area (Å²) < 4.78 is 0. The molecule has 1 aliphatic heterocycles. The third-order valence-electron chi connectivity index (χ3n) is 3.48. The van der Waals surface area contributed by atoms with E-state index in [0.29, 0.717) is 29.4 Å². The first kappa shape index (κ1) is 15.6. The molecule has 0 radical (unpaired) electrons. The van der Waals surface area contributed by atoms with E-state index in [2.05, 4.69) is 5.32 Å². The summed E-state index contributed by atoms with van der Waals surface area (Å²) in [6.45, 7) is 3.19. The first-order valence-electron chi connectivity index (χ1n) is 6.78. The van der Waals surface area contributed by atoms with Crippen LogP contribution in [0.1, 0.15) is 10.4 Å². The molecule has 1 aromatic rings. The summed E-state index contributed by atoms with van der Waals surface area (Å²) in [5.41, 5.74) is 6.29. The molecule has 1 aliphatic rings. The average molecular weight is 311 g/mol. The second-order valence-corrected chi connectivity index (χ2v) is 5.45. The number of halogens is 1. The minimum atomic E-state index is -0.539. The SMILES string of the molecule is CN(CC(=O)N1CCNCC1)c1cc(Cl)ccc1C(N)=O. The van der Waals surface area contributed by atoms with Crippen LogP contribution in [0.15, 0.2) is 18.2 Å².